The molecule has 0 spiro atoms. The van der Waals surface area contributed by atoms with Crippen LogP contribution >= 0.6 is 11.8 Å². The van der Waals surface area contributed by atoms with Crippen molar-refractivity contribution in [3.63, 3.8) is 0 Å². The molecule has 0 saturated heterocycles. The Labute approximate surface area is 89.8 Å². The molecular formula is C12H16OS. The van der Waals surface area contributed by atoms with Gasteiger partial charge in [-0.15, -0.1) is 0 Å². The van der Waals surface area contributed by atoms with Gasteiger partial charge in [0.05, 0.1) is 6.10 Å². The highest BCUT2D eigenvalue weighted by Gasteiger charge is 1.95. The first kappa shape index (κ1) is 11.3. The summed E-state index contributed by atoms with van der Waals surface area (Å²) in [5.74, 6) is 0. The molecule has 76 valence electrons. The lowest BCUT2D eigenvalue weighted by molar-refractivity contribution is 0.212. The van der Waals surface area contributed by atoms with E-state index in [1.54, 1.807) is 11.8 Å². The number of aliphatic hydroxyl groups is 1. The van der Waals surface area contributed by atoms with Crippen molar-refractivity contribution >= 4 is 11.8 Å². The van der Waals surface area contributed by atoms with Crippen LogP contribution in [-0.2, 0) is 0 Å². The van der Waals surface area contributed by atoms with E-state index >= 15 is 0 Å². The van der Waals surface area contributed by atoms with E-state index in [4.69, 9.17) is 0 Å². The molecule has 0 aliphatic carbocycles. The summed E-state index contributed by atoms with van der Waals surface area (Å²) in [6, 6.07) is 10.1. The summed E-state index contributed by atoms with van der Waals surface area (Å²) in [5.41, 5.74) is 0. The molecule has 0 heterocycles. The largest absolute Gasteiger partial charge is 0.389 e. The lowest BCUT2D eigenvalue weighted by Crippen LogP contribution is -1.99. The third-order valence-corrected chi connectivity index (χ3v) is 2.67. The smallest absolute Gasteiger partial charge is 0.0728 e. The van der Waals surface area contributed by atoms with E-state index in [2.05, 4.69) is 19.1 Å². The first-order valence-corrected chi connectivity index (χ1v) is 5.77. The van der Waals surface area contributed by atoms with Gasteiger partial charge >= 0.3 is 0 Å². The topological polar surface area (TPSA) is 20.2 Å². The van der Waals surface area contributed by atoms with Gasteiger partial charge in [0.25, 0.3) is 0 Å². The third-order valence-electron chi connectivity index (χ3n) is 1.83. The van der Waals surface area contributed by atoms with Crippen molar-refractivity contribution in [1.82, 2.24) is 0 Å². The SMILES string of the molecule is CCC[C@@H](O)/C=C/Sc1ccccc1. The molecule has 0 unspecified atom stereocenters. The van der Waals surface area contributed by atoms with E-state index in [1.807, 2.05) is 29.7 Å². The Morgan fingerprint density at radius 2 is 2.07 bits per heavy atom. The van der Waals surface area contributed by atoms with E-state index in [1.165, 1.54) is 4.90 Å². The highest BCUT2D eigenvalue weighted by molar-refractivity contribution is 8.02. The van der Waals surface area contributed by atoms with Gasteiger partial charge in [-0.25, -0.2) is 0 Å². The summed E-state index contributed by atoms with van der Waals surface area (Å²) in [7, 11) is 0. The van der Waals surface area contributed by atoms with E-state index in [9.17, 15) is 5.11 Å². The fourth-order valence-electron chi connectivity index (χ4n) is 1.10. The maximum atomic E-state index is 9.43. The number of rotatable bonds is 5. The van der Waals surface area contributed by atoms with Crippen molar-refractivity contribution in [3.8, 4) is 0 Å². The molecule has 0 aliphatic heterocycles. The summed E-state index contributed by atoms with van der Waals surface area (Å²) in [6.45, 7) is 2.07. The molecule has 1 aromatic carbocycles. The Kier molecular flexibility index (Phi) is 5.42. The first-order chi connectivity index (χ1) is 6.83. The summed E-state index contributed by atoms with van der Waals surface area (Å²) in [6.07, 6.45) is 3.41. The molecule has 0 radical (unpaired) electrons. The average molecular weight is 208 g/mol. The van der Waals surface area contributed by atoms with E-state index in [0.717, 1.165) is 12.8 Å². The second-order valence-corrected chi connectivity index (χ2v) is 4.09. The van der Waals surface area contributed by atoms with Crippen LogP contribution in [0.25, 0.3) is 0 Å². The van der Waals surface area contributed by atoms with Crippen LogP contribution in [0.15, 0.2) is 46.7 Å². The first-order valence-electron chi connectivity index (χ1n) is 4.89. The normalized spacial score (nSPS) is 13.3. The molecule has 1 rings (SSSR count). The summed E-state index contributed by atoms with van der Waals surface area (Å²) in [5, 5.41) is 11.4. The fraction of sp³-hybridized carbons (Fsp3) is 0.333. The molecule has 14 heavy (non-hydrogen) atoms. The molecule has 0 aromatic heterocycles. The minimum Gasteiger partial charge on any atom is -0.389 e. The second kappa shape index (κ2) is 6.68. The van der Waals surface area contributed by atoms with Crippen molar-refractivity contribution in [2.24, 2.45) is 0 Å². The number of aliphatic hydroxyl groups excluding tert-OH is 1. The Hall–Kier alpha value is -0.730. The zero-order chi connectivity index (χ0) is 10.2. The molecule has 0 amide bonds. The van der Waals surface area contributed by atoms with Crippen molar-refractivity contribution in [3.05, 3.63) is 41.8 Å². The predicted octanol–water partition coefficient (Wildman–Crippen LogP) is 3.45. The van der Waals surface area contributed by atoms with Crippen molar-refractivity contribution in [1.29, 1.82) is 0 Å². The number of thioether (sulfide) groups is 1. The van der Waals surface area contributed by atoms with Crippen LogP contribution in [-0.4, -0.2) is 11.2 Å². The van der Waals surface area contributed by atoms with E-state index in [0.29, 0.717) is 0 Å². The van der Waals surface area contributed by atoms with Crippen molar-refractivity contribution in [2.75, 3.05) is 0 Å². The Morgan fingerprint density at radius 3 is 2.71 bits per heavy atom. The van der Waals surface area contributed by atoms with E-state index in [-0.39, 0.29) is 6.10 Å². The number of hydrogen-bond acceptors (Lipinski definition) is 2. The van der Waals surface area contributed by atoms with Gasteiger partial charge < -0.3 is 5.11 Å². The zero-order valence-electron chi connectivity index (χ0n) is 8.39. The fourth-order valence-corrected chi connectivity index (χ4v) is 1.83. The van der Waals surface area contributed by atoms with Crippen LogP contribution in [0.2, 0.25) is 0 Å². The van der Waals surface area contributed by atoms with Crippen LogP contribution < -0.4 is 0 Å². The Bertz CT molecular complexity index is 269. The van der Waals surface area contributed by atoms with Gasteiger partial charge in [-0.05, 0) is 30.0 Å². The number of hydrogen-bond donors (Lipinski definition) is 1. The predicted molar refractivity (Wildman–Crippen MR) is 62.4 cm³/mol. The summed E-state index contributed by atoms with van der Waals surface area (Å²) >= 11 is 1.63. The summed E-state index contributed by atoms with van der Waals surface area (Å²) in [4.78, 5) is 1.20. The quantitative estimate of drug-likeness (QED) is 0.748. The lowest BCUT2D eigenvalue weighted by Gasteiger charge is -2.01. The third kappa shape index (κ3) is 4.49. The molecular weight excluding hydrogens is 192 g/mol. The molecule has 0 saturated carbocycles. The van der Waals surface area contributed by atoms with Gasteiger partial charge in [0.15, 0.2) is 0 Å². The molecule has 0 bridgehead atoms. The second-order valence-electron chi connectivity index (χ2n) is 3.12. The Morgan fingerprint density at radius 1 is 1.36 bits per heavy atom. The van der Waals surface area contributed by atoms with Gasteiger partial charge in [-0.2, -0.15) is 0 Å². The zero-order valence-corrected chi connectivity index (χ0v) is 9.20. The maximum Gasteiger partial charge on any atom is 0.0728 e. The number of benzene rings is 1. The monoisotopic (exact) mass is 208 g/mol. The molecule has 0 aliphatic rings. The molecule has 1 N–H and O–H groups in total. The van der Waals surface area contributed by atoms with E-state index < -0.39 is 0 Å². The van der Waals surface area contributed by atoms with Gasteiger partial charge in [-0.3, -0.25) is 0 Å². The molecule has 1 atom stereocenters. The minimum absolute atomic E-state index is 0.295. The molecule has 2 heteroatoms. The standard InChI is InChI=1S/C12H16OS/c1-2-6-11(13)9-10-14-12-7-4-3-5-8-12/h3-5,7-11,13H,2,6H2,1H3/b10-9+/t11-/m1/s1. The molecule has 1 nitrogen and oxygen atoms in total. The summed E-state index contributed by atoms with van der Waals surface area (Å²) < 4.78 is 0. The van der Waals surface area contributed by atoms with Crippen molar-refractivity contribution in [2.45, 2.75) is 30.8 Å². The average Bonchev–Trinajstić information content (AvgIpc) is 2.20. The van der Waals surface area contributed by atoms with Crippen LogP contribution in [0.4, 0.5) is 0 Å². The van der Waals surface area contributed by atoms with Crippen LogP contribution in [0.1, 0.15) is 19.8 Å². The highest BCUT2D eigenvalue weighted by Crippen LogP contribution is 2.18. The van der Waals surface area contributed by atoms with Gasteiger partial charge in [0.2, 0.25) is 0 Å². The Balaban J connectivity index is 2.33. The minimum atomic E-state index is -0.295. The molecule has 0 fully saturated rings. The van der Waals surface area contributed by atoms with Gasteiger partial charge in [-0.1, -0.05) is 43.3 Å². The van der Waals surface area contributed by atoms with Crippen LogP contribution in [0.3, 0.4) is 0 Å². The highest BCUT2D eigenvalue weighted by atomic mass is 32.2. The van der Waals surface area contributed by atoms with Crippen LogP contribution in [0.5, 0.6) is 0 Å². The van der Waals surface area contributed by atoms with Crippen molar-refractivity contribution < 1.29 is 5.11 Å². The maximum absolute atomic E-state index is 9.43. The van der Waals surface area contributed by atoms with Gasteiger partial charge in [0.1, 0.15) is 0 Å². The van der Waals surface area contributed by atoms with Gasteiger partial charge in [0, 0.05) is 4.90 Å². The lowest BCUT2D eigenvalue weighted by atomic mass is 10.2. The molecule has 1 aromatic rings. The van der Waals surface area contributed by atoms with Crippen LogP contribution in [0, 0.1) is 0 Å².